The van der Waals surface area contributed by atoms with Gasteiger partial charge in [0.2, 0.25) is 0 Å². The lowest BCUT2D eigenvalue weighted by atomic mass is 10.1. The molecule has 19 heavy (non-hydrogen) atoms. The van der Waals surface area contributed by atoms with E-state index in [1.165, 1.54) is 11.1 Å². The van der Waals surface area contributed by atoms with Crippen LogP contribution in [0.3, 0.4) is 0 Å². The van der Waals surface area contributed by atoms with Crippen molar-refractivity contribution in [2.75, 3.05) is 20.1 Å². The van der Waals surface area contributed by atoms with Crippen molar-refractivity contribution in [3.8, 4) is 0 Å². The zero-order chi connectivity index (χ0) is 13.8. The van der Waals surface area contributed by atoms with Crippen molar-refractivity contribution in [1.82, 2.24) is 14.5 Å². The first kappa shape index (κ1) is 14.0. The van der Waals surface area contributed by atoms with Crippen LogP contribution in [0.5, 0.6) is 0 Å². The van der Waals surface area contributed by atoms with Crippen LogP contribution in [0.15, 0.2) is 24.5 Å². The highest BCUT2D eigenvalue weighted by atomic mass is 15.1. The topological polar surface area (TPSA) is 47.1 Å². The van der Waals surface area contributed by atoms with E-state index >= 15 is 0 Å². The second-order valence-corrected chi connectivity index (χ2v) is 5.55. The Morgan fingerprint density at radius 3 is 2.95 bits per heavy atom. The maximum atomic E-state index is 5.65. The fourth-order valence-electron chi connectivity index (χ4n) is 2.23. The van der Waals surface area contributed by atoms with Crippen LogP contribution in [0.2, 0.25) is 0 Å². The van der Waals surface area contributed by atoms with Crippen molar-refractivity contribution < 1.29 is 0 Å². The Morgan fingerprint density at radius 1 is 1.42 bits per heavy atom. The molecule has 0 spiro atoms. The van der Waals surface area contributed by atoms with Gasteiger partial charge in [-0.3, -0.25) is 0 Å². The first-order valence-corrected chi connectivity index (χ1v) is 6.88. The zero-order valence-electron chi connectivity index (χ0n) is 12.1. The number of nitrogens with two attached hydrogens (primary N) is 1. The lowest BCUT2D eigenvalue weighted by molar-refractivity contribution is 0.300. The Kier molecular flexibility index (Phi) is 4.56. The van der Waals surface area contributed by atoms with Crippen LogP contribution >= 0.6 is 0 Å². The van der Waals surface area contributed by atoms with Gasteiger partial charge in [-0.25, -0.2) is 4.98 Å². The fraction of sp³-hybridized carbons (Fsp3) is 0.533. The molecule has 0 aliphatic heterocycles. The van der Waals surface area contributed by atoms with E-state index in [0.717, 1.165) is 31.6 Å². The van der Waals surface area contributed by atoms with E-state index in [1.54, 1.807) is 0 Å². The third-order valence-corrected chi connectivity index (χ3v) is 3.65. The van der Waals surface area contributed by atoms with Crippen molar-refractivity contribution in [1.29, 1.82) is 0 Å². The van der Waals surface area contributed by atoms with Crippen molar-refractivity contribution >= 4 is 11.0 Å². The fourth-order valence-corrected chi connectivity index (χ4v) is 2.23. The van der Waals surface area contributed by atoms with E-state index in [0.29, 0.717) is 5.92 Å². The highest BCUT2D eigenvalue weighted by Crippen LogP contribution is 2.15. The molecule has 0 amide bonds. The number of aryl methyl sites for hydroxylation is 1. The van der Waals surface area contributed by atoms with Crippen LogP contribution < -0.4 is 5.73 Å². The Labute approximate surface area is 115 Å². The minimum atomic E-state index is 0.598. The summed E-state index contributed by atoms with van der Waals surface area (Å²) in [6.07, 6.45) is 3.01. The maximum Gasteiger partial charge on any atom is 0.0955 e. The maximum absolute atomic E-state index is 5.65. The highest BCUT2D eigenvalue weighted by Gasteiger charge is 2.06. The van der Waals surface area contributed by atoms with Gasteiger partial charge in [-0.1, -0.05) is 13.0 Å². The van der Waals surface area contributed by atoms with E-state index in [4.69, 9.17) is 5.73 Å². The number of hydrogen-bond acceptors (Lipinski definition) is 3. The molecule has 0 aliphatic carbocycles. The summed E-state index contributed by atoms with van der Waals surface area (Å²) in [5.41, 5.74) is 9.22. The van der Waals surface area contributed by atoms with E-state index in [-0.39, 0.29) is 0 Å². The summed E-state index contributed by atoms with van der Waals surface area (Å²) in [4.78, 5) is 6.75. The van der Waals surface area contributed by atoms with Crippen LogP contribution in [0.1, 0.15) is 18.9 Å². The SMILES string of the molecule is CC(CN)CCN(C)Cc1ccc2c(c1)ncn2C. The molecule has 1 atom stereocenters. The minimum absolute atomic E-state index is 0.598. The number of nitrogens with zero attached hydrogens (tertiary/aromatic N) is 3. The molecule has 1 aromatic heterocycles. The van der Waals surface area contributed by atoms with Crippen molar-refractivity contribution in [3.63, 3.8) is 0 Å². The average Bonchev–Trinajstić information content (AvgIpc) is 2.77. The summed E-state index contributed by atoms with van der Waals surface area (Å²) in [5, 5.41) is 0. The molecule has 1 heterocycles. The normalized spacial score (nSPS) is 13.3. The van der Waals surface area contributed by atoms with Gasteiger partial charge in [-0.2, -0.15) is 0 Å². The molecule has 0 aliphatic rings. The van der Waals surface area contributed by atoms with E-state index < -0.39 is 0 Å². The second-order valence-electron chi connectivity index (χ2n) is 5.55. The molecule has 0 radical (unpaired) electrons. The Morgan fingerprint density at radius 2 is 2.21 bits per heavy atom. The van der Waals surface area contributed by atoms with Crippen LogP contribution in [0.25, 0.3) is 11.0 Å². The number of rotatable bonds is 6. The monoisotopic (exact) mass is 260 g/mol. The van der Waals surface area contributed by atoms with Gasteiger partial charge in [0.15, 0.2) is 0 Å². The number of aromatic nitrogens is 2. The number of benzene rings is 1. The zero-order valence-corrected chi connectivity index (χ0v) is 12.1. The largest absolute Gasteiger partial charge is 0.334 e. The van der Waals surface area contributed by atoms with Crippen molar-refractivity contribution in [3.05, 3.63) is 30.1 Å². The van der Waals surface area contributed by atoms with Gasteiger partial charge in [0.25, 0.3) is 0 Å². The Bertz CT molecular complexity index is 532. The molecule has 1 unspecified atom stereocenters. The van der Waals surface area contributed by atoms with Gasteiger partial charge in [0.05, 0.1) is 17.4 Å². The van der Waals surface area contributed by atoms with Crippen LogP contribution in [0, 0.1) is 5.92 Å². The number of fused-ring (bicyclic) bond motifs is 1. The number of hydrogen-bond donors (Lipinski definition) is 1. The van der Waals surface area contributed by atoms with Crippen molar-refractivity contribution in [2.45, 2.75) is 19.9 Å². The van der Waals surface area contributed by atoms with Gasteiger partial charge in [0, 0.05) is 13.6 Å². The molecule has 2 N–H and O–H groups in total. The van der Waals surface area contributed by atoms with Gasteiger partial charge in [-0.05, 0) is 50.2 Å². The molecule has 0 bridgehead atoms. The lowest BCUT2D eigenvalue weighted by Crippen LogP contribution is -2.23. The molecule has 0 fully saturated rings. The smallest absolute Gasteiger partial charge is 0.0955 e. The van der Waals surface area contributed by atoms with Gasteiger partial charge in [0.1, 0.15) is 0 Å². The molecule has 0 saturated heterocycles. The average molecular weight is 260 g/mol. The molecule has 2 aromatic rings. The van der Waals surface area contributed by atoms with Crippen LogP contribution in [0.4, 0.5) is 0 Å². The third-order valence-electron chi connectivity index (χ3n) is 3.65. The first-order valence-electron chi connectivity index (χ1n) is 6.88. The van der Waals surface area contributed by atoms with Crippen LogP contribution in [-0.2, 0) is 13.6 Å². The second kappa shape index (κ2) is 6.17. The van der Waals surface area contributed by atoms with E-state index in [2.05, 4.69) is 42.1 Å². The molecule has 4 nitrogen and oxygen atoms in total. The van der Waals surface area contributed by atoms with Crippen LogP contribution in [-0.4, -0.2) is 34.6 Å². The number of imidazole rings is 1. The summed E-state index contributed by atoms with van der Waals surface area (Å²) in [7, 11) is 4.18. The molecular formula is C15H24N4. The summed E-state index contributed by atoms with van der Waals surface area (Å²) >= 11 is 0. The molecule has 2 rings (SSSR count). The summed E-state index contributed by atoms with van der Waals surface area (Å²) in [5.74, 6) is 0.598. The summed E-state index contributed by atoms with van der Waals surface area (Å²) in [6.45, 7) is 5.02. The predicted molar refractivity (Wildman–Crippen MR) is 79.9 cm³/mol. The van der Waals surface area contributed by atoms with Gasteiger partial charge in [-0.15, -0.1) is 0 Å². The quantitative estimate of drug-likeness (QED) is 0.864. The third kappa shape index (κ3) is 3.55. The highest BCUT2D eigenvalue weighted by molar-refractivity contribution is 5.75. The van der Waals surface area contributed by atoms with E-state index in [9.17, 15) is 0 Å². The Hall–Kier alpha value is -1.39. The lowest BCUT2D eigenvalue weighted by Gasteiger charge is -2.18. The van der Waals surface area contributed by atoms with Gasteiger partial charge < -0.3 is 15.2 Å². The molecular weight excluding hydrogens is 236 g/mol. The van der Waals surface area contributed by atoms with E-state index in [1.807, 2.05) is 17.9 Å². The van der Waals surface area contributed by atoms with Crippen molar-refractivity contribution in [2.24, 2.45) is 18.7 Å². The summed E-state index contributed by atoms with van der Waals surface area (Å²) in [6, 6.07) is 6.51. The molecule has 0 saturated carbocycles. The first-order chi connectivity index (χ1) is 9.10. The summed E-state index contributed by atoms with van der Waals surface area (Å²) < 4.78 is 2.05. The molecule has 1 aromatic carbocycles. The standard InChI is InChI=1S/C15H24N4/c1-12(9-16)6-7-18(2)10-13-4-5-15-14(8-13)17-11-19(15)3/h4-5,8,11-12H,6-7,9-10,16H2,1-3H3. The minimum Gasteiger partial charge on any atom is -0.334 e. The molecule has 4 heteroatoms. The molecule has 104 valence electrons. The van der Waals surface area contributed by atoms with Gasteiger partial charge >= 0.3 is 0 Å². The predicted octanol–water partition coefficient (Wildman–Crippen LogP) is 1.99. The Balaban J connectivity index is 1.96.